The molecule has 2 amide bonds. The molecule has 2 fully saturated rings. The topological polar surface area (TPSA) is 37.4 Å². The second-order valence-electron chi connectivity index (χ2n) is 6.01. The molecule has 0 aliphatic carbocycles. The summed E-state index contributed by atoms with van der Waals surface area (Å²) in [6.07, 6.45) is 4.18. The van der Waals surface area contributed by atoms with Gasteiger partial charge in [-0.25, -0.2) is 4.90 Å². The third-order valence-electron chi connectivity index (χ3n) is 4.92. The second-order valence-corrected chi connectivity index (χ2v) is 7.37. The van der Waals surface area contributed by atoms with Crippen molar-refractivity contribution in [2.45, 2.75) is 10.5 Å². The van der Waals surface area contributed by atoms with Crippen molar-refractivity contribution in [1.29, 1.82) is 0 Å². The number of hydrogen-bond acceptors (Lipinski definition) is 3. The van der Waals surface area contributed by atoms with E-state index in [1.807, 2.05) is 42.5 Å². The number of hydrogen-bond donors (Lipinski definition) is 0. The van der Waals surface area contributed by atoms with Gasteiger partial charge in [0.2, 0.25) is 11.8 Å². The number of carbonyl (C=O) groups is 2. The van der Waals surface area contributed by atoms with E-state index in [2.05, 4.69) is 12.2 Å². The first-order chi connectivity index (χ1) is 10.8. The van der Waals surface area contributed by atoms with Crippen molar-refractivity contribution in [3.05, 3.63) is 54.6 Å². The molecule has 2 saturated heterocycles. The Balaban J connectivity index is 1.67. The predicted octanol–water partition coefficient (Wildman–Crippen LogP) is 3.00. The molecule has 22 heavy (non-hydrogen) atoms. The first kappa shape index (κ1) is 12.5. The van der Waals surface area contributed by atoms with Crippen LogP contribution >= 0.6 is 11.8 Å². The Kier molecular flexibility index (Phi) is 2.40. The molecule has 0 saturated carbocycles. The molecule has 3 aliphatic heterocycles. The summed E-state index contributed by atoms with van der Waals surface area (Å²) in [6, 6.07) is 13.7. The largest absolute Gasteiger partial charge is 0.274 e. The Labute approximate surface area is 132 Å². The van der Waals surface area contributed by atoms with Crippen LogP contribution in [0.4, 0.5) is 5.69 Å². The highest BCUT2D eigenvalue weighted by Gasteiger charge is 2.60. The molecule has 2 bridgehead atoms. The highest BCUT2D eigenvalue weighted by molar-refractivity contribution is 8.01. The van der Waals surface area contributed by atoms with Crippen molar-refractivity contribution in [2.24, 2.45) is 11.8 Å². The average molecular weight is 307 g/mol. The van der Waals surface area contributed by atoms with Crippen molar-refractivity contribution in [3.63, 3.8) is 0 Å². The van der Waals surface area contributed by atoms with Crippen molar-refractivity contribution in [3.8, 4) is 0 Å². The summed E-state index contributed by atoms with van der Waals surface area (Å²) in [4.78, 5) is 27.2. The van der Waals surface area contributed by atoms with Crippen LogP contribution in [-0.4, -0.2) is 22.3 Å². The summed E-state index contributed by atoms with van der Waals surface area (Å²) < 4.78 is 0. The number of benzene rings is 2. The van der Waals surface area contributed by atoms with Gasteiger partial charge in [0.1, 0.15) is 0 Å². The molecular formula is C18H13NO2S. The molecule has 108 valence electrons. The number of carbonyl (C=O) groups excluding carboxylic acids is 2. The highest BCUT2D eigenvalue weighted by Crippen LogP contribution is 2.54. The number of amides is 2. The minimum Gasteiger partial charge on any atom is -0.274 e. The minimum atomic E-state index is -0.175. The maximum absolute atomic E-state index is 12.9. The summed E-state index contributed by atoms with van der Waals surface area (Å²) in [7, 11) is 0. The lowest BCUT2D eigenvalue weighted by Crippen LogP contribution is -2.33. The van der Waals surface area contributed by atoms with E-state index in [9.17, 15) is 9.59 Å². The van der Waals surface area contributed by atoms with Crippen LogP contribution in [0.25, 0.3) is 10.8 Å². The lowest BCUT2D eigenvalue weighted by atomic mass is 9.85. The monoisotopic (exact) mass is 307 g/mol. The molecule has 0 spiro atoms. The van der Waals surface area contributed by atoms with Crippen LogP contribution in [0.3, 0.4) is 0 Å². The standard InChI is InChI=1S/C18H13NO2S/c20-17-15-13-8-9-14(22-13)16(15)18(21)19(17)12-7-3-5-10-4-1-2-6-11(10)12/h1-9,13-16H. The van der Waals surface area contributed by atoms with Crippen LogP contribution in [0.15, 0.2) is 54.6 Å². The van der Waals surface area contributed by atoms with Gasteiger partial charge in [0.15, 0.2) is 0 Å². The molecule has 5 rings (SSSR count). The van der Waals surface area contributed by atoms with Crippen LogP contribution in [0.2, 0.25) is 0 Å². The molecule has 0 radical (unpaired) electrons. The molecule has 4 atom stereocenters. The zero-order chi connectivity index (χ0) is 14.8. The van der Waals surface area contributed by atoms with Crippen LogP contribution < -0.4 is 4.90 Å². The summed E-state index contributed by atoms with van der Waals surface area (Å²) in [5.74, 6) is -0.413. The minimum absolute atomic E-state index is 0.0318. The van der Waals surface area contributed by atoms with Crippen LogP contribution in [-0.2, 0) is 9.59 Å². The van der Waals surface area contributed by atoms with Gasteiger partial charge in [0.05, 0.1) is 17.5 Å². The van der Waals surface area contributed by atoms with E-state index in [4.69, 9.17) is 0 Å². The Morgan fingerprint density at radius 1 is 0.818 bits per heavy atom. The van der Waals surface area contributed by atoms with Gasteiger partial charge in [-0.2, -0.15) is 0 Å². The average Bonchev–Trinajstić information content (AvgIpc) is 3.21. The Morgan fingerprint density at radius 2 is 1.45 bits per heavy atom. The van der Waals surface area contributed by atoms with E-state index in [0.717, 1.165) is 16.5 Å². The fourth-order valence-corrected chi connectivity index (χ4v) is 5.58. The van der Waals surface area contributed by atoms with Gasteiger partial charge in [-0.1, -0.05) is 48.6 Å². The van der Waals surface area contributed by atoms with Gasteiger partial charge >= 0.3 is 0 Å². The van der Waals surface area contributed by atoms with Gasteiger partial charge in [0.25, 0.3) is 0 Å². The number of imide groups is 1. The van der Waals surface area contributed by atoms with Gasteiger partial charge in [-0.15, -0.1) is 11.8 Å². The number of fused-ring (bicyclic) bond motifs is 6. The quantitative estimate of drug-likeness (QED) is 0.600. The Bertz CT molecular complexity index is 824. The van der Waals surface area contributed by atoms with Crippen molar-refractivity contribution >= 4 is 40.0 Å². The maximum atomic E-state index is 12.9. The van der Waals surface area contributed by atoms with Crippen LogP contribution in [0, 0.1) is 11.8 Å². The van der Waals surface area contributed by atoms with Gasteiger partial charge in [-0.05, 0) is 11.5 Å². The van der Waals surface area contributed by atoms with Crippen LogP contribution in [0.5, 0.6) is 0 Å². The normalized spacial score (nSPS) is 32.3. The molecular weight excluding hydrogens is 294 g/mol. The fraction of sp³-hybridized carbons (Fsp3) is 0.222. The van der Waals surface area contributed by atoms with E-state index >= 15 is 0 Å². The summed E-state index contributed by atoms with van der Waals surface area (Å²) in [5.41, 5.74) is 0.729. The lowest BCUT2D eigenvalue weighted by molar-refractivity contribution is -0.122. The molecule has 3 nitrogen and oxygen atoms in total. The molecule has 3 heterocycles. The van der Waals surface area contributed by atoms with Gasteiger partial charge in [0, 0.05) is 15.9 Å². The third-order valence-corrected chi connectivity index (χ3v) is 6.45. The predicted molar refractivity (Wildman–Crippen MR) is 87.7 cm³/mol. The molecule has 4 unspecified atom stereocenters. The molecule has 2 aromatic rings. The number of nitrogens with zero attached hydrogens (tertiary/aromatic N) is 1. The van der Waals surface area contributed by atoms with Crippen molar-refractivity contribution in [1.82, 2.24) is 0 Å². The van der Waals surface area contributed by atoms with Crippen molar-refractivity contribution < 1.29 is 9.59 Å². The van der Waals surface area contributed by atoms with E-state index in [1.54, 1.807) is 11.8 Å². The number of rotatable bonds is 1. The van der Waals surface area contributed by atoms with Crippen LogP contribution in [0.1, 0.15) is 0 Å². The van der Waals surface area contributed by atoms with Crippen molar-refractivity contribution in [2.75, 3.05) is 4.90 Å². The molecule has 4 heteroatoms. The van der Waals surface area contributed by atoms with E-state index in [1.165, 1.54) is 4.90 Å². The smallest absolute Gasteiger partial charge is 0.239 e. The number of thioether (sulfide) groups is 1. The lowest BCUT2D eigenvalue weighted by Gasteiger charge is -2.19. The third kappa shape index (κ3) is 1.43. The zero-order valence-corrected chi connectivity index (χ0v) is 12.5. The SMILES string of the molecule is O=C1C2C3C=CC(S3)C2C(=O)N1c1cccc2ccccc12. The Hall–Kier alpha value is -2.07. The first-order valence-corrected chi connectivity index (χ1v) is 8.39. The van der Waals surface area contributed by atoms with E-state index in [-0.39, 0.29) is 34.2 Å². The fourth-order valence-electron chi connectivity index (χ4n) is 3.94. The molecule has 2 aromatic carbocycles. The van der Waals surface area contributed by atoms with Gasteiger partial charge < -0.3 is 0 Å². The van der Waals surface area contributed by atoms with E-state index in [0.29, 0.717) is 0 Å². The first-order valence-electron chi connectivity index (χ1n) is 7.45. The summed E-state index contributed by atoms with van der Waals surface area (Å²) in [5, 5.41) is 2.35. The van der Waals surface area contributed by atoms with Gasteiger partial charge in [-0.3, -0.25) is 9.59 Å². The molecule has 0 aromatic heterocycles. The summed E-state index contributed by atoms with van der Waals surface area (Å²) >= 11 is 1.75. The highest BCUT2D eigenvalue weighted by atomic mass is 32.2. The molecule has 0 N–H and O–H groups in total. The zero-order valence-electron chi connectivity index (χ0n) is 11.7. The second kappa shape index (κ2) is 4.23. The summed E-state index contributed by atoms with van der Waals surface area (Å²) in [6.45, 7) is 0. The Morgan fingerprint density at radius 3 is 2.18 bits per heavy atom. The maximum Gasteiger partial charge on any atom is 0.239 e. The van der Waals surface area contributed by atoms with E-state index < -0.39 is 0 Å². The number of anilines is 1. The molecule has 3 aliphatic rings.